The third-order valence-corrected chi connectivity index (χ3v) is 6.64. The highest BCUT2D eigenvalue weighted by molar-refractivity contribution is 6.11. The maximum Gasteiger partial charge on any atom is 0.276 e. The van der Waals surface area contributed by atoms with E-state index in [9.17, 15) is 4.79 Å². The number of hydrogen-bond donors (Lipinski definition) is 2. The van der Waals surface area contributed by atoms with Crippen LogP contribution in [-0.4, -0.2) is 45.9 Å². The van der Waals surface area contributed by atoms with Crippen molar-refractivity contribution in [3.8, 4) is 22.6 Å². The Balaban J connectivity index is 1.24. The molecule has 178 valence electrons. The van der Waals surface area contributed by atoms with E-state index in [2.05, 4.69) is 31.5 Å². The molecule has 0 saturated carbocycles. The van der Waals surface area contributed by atoms with Crippen molar-refractivity contribution in [3.05, 3.63) is 66.1 Å². The smallest absolute Gasteiger partial charge is 0.276 e. The summed E-state index contributed by atoms with van der Waals surface area (Å²) in [6, 6.07) is 13.5. The number of amides is 1. The van der Waals surface area contributed by atoms with Crippen molar-refractivity contribution in [1.82, 2.24) is 20.1 Å². The summed E-state index contributed by atoms with van der Waals surface area (Å²) in [4.78, 5) is 20.1. The monoisotopic (exact) mass is 469 g/mol. The number of pyridine rings is 1. The largest absolute Gasteiger partial charge is 0.454 e. The molecule has 0 aliphatic carbocycles. The summed E-state index contributed by atoms with van der Waals surface area (Å²) in [5.41, 5.74) is 5.00. The summed E-state index contributed by atoms with van der Waals surface area (Å²) in [5, 5.41) is 10.9. The predicted octanol–water partition coefficient (Wildman–Crippen LogP) is 4.98. The molecule has 2 aromatic carbocycles. The maximum absolute atomic E-state index is 13.1. The van der Waals surface area contributed by atoms with E-state index in [0.717, 1.165) is 41.7 Å². The number of aromatic nitrogens is 3. The van der Waals surface area contributed by atoms with E-state index in [1.54, 1.807) is 18.2 Å². The lowest BCUT2D eigenvalue weighted by Crippen LogP contribution is -2.24. The quantitative estimate of drug-likeness (QED) is 0.428. The van der Waals surface area contributed by atoms with E-state index in [-0.39, 0.29) is 12.7 Å². The van der Waals surface area contributed by atoms with Crippen LogP contribution in [0, 0.1) is 0 Å². The van der Waals surface area contributed by atoms with Crippen molar-refractivity contribution in [2.75, 3.05) is 25.2 Å². The number of aromatic amines is 1. The van der Waals surface area contributed by atoms with Crippen LogP contribution in [-0.2, 0) is 6.54 Å². The molecule has 8 nitrogen and oxygen atoms in total. The van der Waals surface area contributed by atoms with Gasteiger partial charge in [0.05, 0.1) is 5.52 Å². The lowest BCUT2D eigenvalue weighted by Gasteiger charge is -2.19. The number of likely N-dealkylation sites (tertiary alicyclic amines) is 1. The van der Waals surface area contributed by atoms with Gasteiger partial charge in [-0.15, -0.1) is 0 Å². The molecule has 2 aromatic heterocycles. The number of carbonyl (C=O) groups is 1. The molecule has 0 bridgehead atoms. The molecule has 2 aliphatic heterocycles. The van der Waals surface area contributed by atoms with Gasteiger partial charge in [0.1, 0.15) is 0 Å². The molecule has 1 saturated heterocycles. The van der Waals surface area contributed by atoms with E-state index in [1.807, 2.05) is 30.6 Å². The first-order chi connectivity index (χ1) is 17.2. The first kappa shape index (κ1) is 21.6. The molecule has 6 rings (SSSR count). The molecule has 1 amide bonds. The Kier molecular flexibility index (Phi) is 5.79. The van der Waals surface area contributed by atoms with E-state index < -0.39 is 0 Å². The summed E-state index contributed by atoms with van der Waals surface area (Å²) < 4.78 is 10.7. The molecule has 0 atom stereocenters. The zero-order valence-electron chi connectivity index (χ0n) is 19.4. The van der Waals surface area contributed by atoms with Gasteiger partial charge in [0, 0.05) is 41.6 Å². The molecule has 2 N–H and O–H groups in total. The van der Waals surface area contributed by atoms with E-state index in [1.165, 1.54) is 31.2 Å². The Bertz CT molecular complexity index is 1370. The number of anilines is 1. The fourth-order valence-electron chi connectivity index (χ4n) is 4.82. The number of nitrogens with zero attached hydrogens (tertiary/aromatic N) is 3. The molecule has 2 aliphatic rings. The van der Waals surface area contributed by atoms with Gasteiger partial charge in [-0.3, -0.25) is 19.8 Å². The Morgan fingerprint density at radius 3 is 2.69 bits per heavy atom. The average Bonchev–Trinajstić information content (AvgIpc) is 3.44. The molecule has 0 spiro atoms. The maximum atomic E-state index is 13.1. The zero-order valence-corrected chi connectivity index (χ0v) is 19.4. The Morgan fingerprint density at radius 1 is 0.943 bits per heavy atom. The minimum atomic E-state index is -0.291. The topological polar surface area (TPSA) is 92.4 Å². The summed E-state index contributed by atoms with van der Waals surface area (Å²) in [6.45, 7) is 3.39. The fourth-order valence-corrected chi connectivity index (χ4v) is 4.82. The number of rotatable bonds is 5. The van der Waals surface area contributed by atoms with Crippen molar-refractivity contribution in [2.45, 2.75) is 32.2 Å². The minimum Gasteiger partial charge on any atom is -0.454 e. The normalized spacial score (nSPS) is 15.8. The van der Waals surface area contributed by atoms with Gasteiger partial charge in [0.25, 0.3) is 5.91 Å². The van der Waals surface area contributed by atoms with Crippen LogP contribution in [0.5, 0.6) is 11.5 Å². The van der Waals surface area contributed by atoms with Gasteiger partial charge in [-0.1, -0.05) is 18.9 Å². The summed E-state index contributed by atoms with van der Waals surface area (Å²) >= 11 is 0. The van der Waals surface area contributed by atoms with Crippen molar-refractivity contribution < 1.29 is 14.3 Å². The highest BCUT2D eigenvalue weighted by Gasteiger charge is 2.18. The second kappa shape index (κ2) is 9.38. The number of benzene rings is 2. The highest BCUT2D eigenvalue weighted by Crippen LogP contribution is 2.34. The SMILES string of the molecule is O=C(Nc1ccc2c(c1)OCO2)c1n[nH]c2ccc(-c3cncc(CN4CCCCCC4)c3)cc12. The summed E-state index contributed by atoms with van der Waals surface area (Å²) in [7, 11) is 0. The van der Waals surface area contributed by atoms with Gasteiger partial charge in [0.15, 0.2) is 17.2 Å². The Morgan fingerprint density at radius 2 is 1.80 bits per heavy atom. The predicted molar refractivity (Wildman–Crippen MR) is 134 cm³/mol. The van der Waals surface area contributed by atoms with Gasteiger partial charge in [-0.25, -0.2) is 0 Å². The van der Waals surface area contributed by atoms with Crippen molar-refractivity contribution in [3.63, 3.8) is 0 Å². The lowest BCUT2D eigenvalue weighted by molar-refractivity contribution is 0.102. The van der Waals surface area contributed by atoms with E-state index in [4.69, 9.17) is 9.47 Å². The molecule has 4 aromatic rings. The first-order valence-electron chi connectivity index (χ1n) is 12.1. The van der Waals surface area contributed by atoms with Gasteiger partial charge in [-0.2, -0.15) is 5.10 Å². The number of nitrogens with one attached hydrogen (secondary N) is 2. The van der Waals surface area contributed by atoms with Crippen LogP contribution in [0.4, 0.5) is 5.69 Å². The third kappa shape index (κ3) is 4.57. The zero-order chi connectivity index (χ0) is 23.6. The highest BCUT2D eigenvalue weighted by atomic mass is 16.7. The molecule has 0 radical (unpaired) electrons. The van der Waals surface area contributed by atoms with Crippen LogP contribution in [0.2, 0.25) is 0 Å². The van der Waals surface area contributed by atoms with E-state index in [0.29, 0.717) is 22.9 Å². The van der Waals surface area contributed by atoms with E-state index >= 15 is 0 Å². The molecule has 0 unspecified atom stereocenters. The van der Waals surface area contributed by atoms with Gasteiger partial charge in [0.2, 0.25) is 6.79 Å². The Labute approximate surface area is 203 Å². The van der Waals surface area contributed by atoms with Crippen LogP contribution < -0.4 is 14.8 Å². The Hall–Kier alpha value is -3.91. The summed E-state index contributed by atoms with van der Waals surface area (Å²) in [6.07, 6.45) is 9.01. The van der Waals surface area contributed by atoms with Crippen LogP contribution in [0.3, 0.4) is 0 Å². The number of fused-ring (bicyclic) bond motifs is 2. The molecule has 8 heteroatoms. The molecular weight excluding hydrogens is 442 g/mol. The molecule has 4 heterocycles. The number of H-pyrrole nitrogens is 1. The van der Waals surface area contributed by atoms with Gasteiger partial charge in [-0.05, 0) is 67.4 Å². The molecule has 1 fully saturated rings. The second-order valence-electron chi connectivity index (χ2n) is 9.13. The van der Waals surface area contributed by atoms with Crippen LogP contribution in [0.15, 0.2) is 54.9 Å². The van der Waals surface area contributed by atoms with Gasteiger partial charge >= 0.3 is 0 Å². The van der Waals surface area contributed by atoms with Crippen molar-refractivity contribution in [1.29, 1.82) is 0 Å². The second-order valence-corrected chi connectivity index (χ2v) is 9.13. The fraction of sp³-hybridized carbons (Fsp3) is 0.296. The third-order valence-electron chi connectivity index (χ3n) is 6.64. The molecular formula is C27H27N5O3. The number of carbonyl (C=O) groups excluding carboxylic acids is 1. The van der Waals surface area contributed by atoms with Crippen molar-refractivity contribution >= 4 is 22.5 Å². The van der Waals surface area contributed by atoms with Gasteiger partial charge < -0.3 is 14.8 Å². The van der Waals surface area contributed by atoms with Crippen LogP contribution >= 0.6 is 0 Å². The number of ether oxygens (including phenoxy) is 2. The minimum absolute atomic E-state index is 0.188. The first-order valence-corrected chi connectivity index (χ1v) is 12.1. The van der Waals surface area contributed by atoms with Crippen molar-refractivity contribution in [2.24, 2.45) is 0 Å². The lowest BCUT2D eigenvalue weighted by atomic mass is 10.0. The summed E-state index contributed by atoms with van der Waals surface area (Å²) in [5.74, 6) is 0.995. The van der Waals surface area contributed by atoms with Crippen LogP contribution in [0.25, 0.3) is 22.0 Å². The van der Waals surface area contributed by atoms with Crippen LogP contribution in [0.1, 0.15) is 41.7 Å². The average molecular weight is 470 g/mol. The number of hydrogen-bond acceptors (Lipinski definition) is 6. The molecule has 35 heavy (non-hydrogen) atoms. The standard InChI is InChI=1S/C27H27N5O3/c33-27(29-21-6-8-24-25(13-21)35-17-34-24)26-22-12-19(5-7-23(22)30-31-26)20-11-18(14-28-15-20)16-32-9-3-1-2-4-10-32/h5-8,11-15H,1-4,9-10,16-17H2,(H,29,33)(H,30,31).